The van der Waals surface area contributed by atoms with Gasteiger partial charge in [0, 0.05) is 37.1 Å². The summed E-state index contributed by atoms with van der Waals surface area (Å²) in [6.45, 7) is 7.50. The molecule has 1 aromatic carbocycles. The SMILES string of the molecule is Cn1ccnc1COc1c(Cl)cccc1CNC(C)(C)C. The Labute approximate surface area is 131 Å². The second-order valence-electron chi connectivity index (χ2n) is 6.07. The van der Waals surface area contributed by atoms with Crippen LogP contribution in [0.15, 0.2) is 30.6 Å². The maximum atomic E-state index is 6.28. The molecule has 1 aromatic heterocycles. The standard InChI is InChI=1S/C16H22ClN3O/c1-16(2,3)19-10-12-6-5-7-13(17)15(12)21-11-14-18-8-9-20(14)4/h5-9,19H,10-11H2,1-4H3. The van der Waals surface area contributed by atoms with Crippen LogP contribution in [0.3, 0.4) is 0 Å². The smallest absolute Gasteiger partial charge is 0.146 e. The molecule has 0 unspecified atom stereocenters. The Morgan fingerprint density at radius 2 is 2.10 bits per heavy atom. The van der Waals surface area contributed by atoms with Crippen LogP contribution in [0.25, 0.3) is 0 Å². The second-order valence-corrected chi connectivity index (χ2v) is 6.48. The van der Waals surface area contributed by atoms with Crippen LogP contribution >= 0.6 is 11.6 Å². The van der Waals surface area contributed by atoms with Gasteiger partial charge in [-0.05, 0) is 26.8 Å². The lowest BCUT2D eigenvalue weighted by molar-refractivity contribution is 0.286. The van der Waals surface area contributed by atoms with Crippen molar-refractivity contribution in [3.8, 4) is 5.75 Å². The van der Waals surface area contributed by atoms with Crippen molar-refractivity contribution in [3.63, 3.8) is 0 Å². The lowest BCUT2D eigenvalue weighted by Gasteiger charge is -2.22. The van der Waals surface area contributed by atoms with Crippen LogP contribution in [0.2, 0.25) is 5.02 Å². The number of rotatable bonds is 5. The first-order valence-corrected chi connectivity index (χ1v) is 7.36. The first-order valence-electron chi connectivity index (χ1n) is 6.98. The van der Waals surface area contributed by atoms with E-state index in [1.807, 2.05) is 36.0 Å². The third-order valence-electron chi connectivity index (χ3n) is 3.12. The summed E-state index contributed by atoms with van der Waals surface area (Å²) < 4.78 is 7.84. The number of para-hydroxylation sites is 1. The molecule has 0 aliphatic heterocycles. The van der Waals surface area contributed by atoms with Crippen LogP contribution in [0.4, 0.5) is 0 Å². The van der Waals surface area contributed by atoms with Crippen molar-refractivity contribution in [1.82, 2.24) is 14.9 Å². The lowest BCUT2D eigenvalue weighted by Crippen LogP contribution is -2.35. The van der Waals surface area contributed by atoms with E-state index in [0.717, 1.165) is 17.1 Å². The van der Waals surface area contributed by atoms with Gasteiger partial charge in [0.25, 0.3) is 0 Å². The van der Waals surface area contributed by atoms with Crippen molar-refractivity contribution in [2.75, 3.05) is 0 Å². The zero-order chi connectivity index (χ0) is 15.5. The van der Waals surface area contributed by atoms with E-state index in [1.54, 1.807) is 6.20 Å². The van der Waals surface area contributed by atoms with E-state index < -0.39 is 0 Å². The maximum absolute atomic E-state index is 6.28. The predicted molar refractivity (Wildman–Crippen MR) is 85.6 cm³/mol. The summed E-state index contributed by atoms with van der Waals surface area (Å²) in [5, 5.41) is 4.07. The highest BCUT2D eigenvalue weighted by molar-refractivity contribution is 6.32. The van der Waals surface area contributed by atoms with Gasteiger partial charge < -0.3 is 14.6 Å². The number of ether oxygens (including phenoxy) is 1. The van der Waals surface area contributed by atoms with Crippen molar-refractivity contribution in [1.29, 1.82) is 0 Å². The monoisotopic (exact) mass is 307 g/mol. The molecular formula is C16H22ClN3O. The average molecular weight is 308 g/mol. The number of nitrogens with one attached hydrogen (secondary N) is 1. The molecule has 0 atom stereocenters. The van der Waals surface area contributed by atoms with Gasteiger partial charge in [-0.1, -0.05) is 23.7 Å². The summed E-state index contributed by atoms with van der Waals surface area (Å²) >= 11 is 6.28. The maximum Gasteiger partial charge on any atom is 0.146 e. The molecule has 0 spiro atoms. The fourth-order valence-corrected chi connectivity index (χ4v) is 2.14. The van der Waals surface area contributed by atoms with Gasteiger partial charge in [0.1, 0.15) is 18.2 Å². The average Bonchev–Trinajstić information content (AvgIpc) is 2.80. The minimum atomic E-state index is 0.0409. The number of benzene rings is 1. The Morgan fingerprint density at radius 3 is 2.71 bits per heavy atom. The number of hydrogen-bond acceptors (Lipinski definition) is 3. The molecule has 0 radical (unpaired) electrons. The highest BCUT2D eigenvalue weighted by Gasteiger charge is 2.13. The number of aromatic nitrogens is 2. The van der Waals surface area contributed by atoms with E-state index in [4.69, 9.17) is 16.3 Å². The Bertz CT molecular complexity index is 602. The van der Waals surface area contributed by atoms with Crippen LogP contribution in [0.1, 0.15) is 32.2 Å². The number of nitrogens with zero attached hydrogens (tertiary/aromatic N) is 2. The van der Waals surface area contributed by atoms with E-state index in [9.17, 15) is 0 Å². The molecule has 0 bridgehead atoms. The van der Waals surface area contributed by atoms with E-state index in [-0.39, 0.29) is 5.54 Å². The van der Waals surface area contributed by atoms with Crippen LogP contribution in [-0.4, -0.2) is 15.1 Å². The first-order chi connectivity index (χ1) is 9.87. The highest BCUT2D eigenvalue weighted by atomic mass is 35.5. The van der Waals surface area contributed by atoms with E-state index in [2.05, 4.69) is 31.1 Å². The molecule has 5 heteroatoms. The fraction of sp³-hybridized carbons (Fsp3) is 0.438. The molecule has 21 heavy (non-hydrogen) atoms. The van der Waals surface area contributed by atoms with E-state index in [0.29, 0.717) is 18.2 Å². The minimum absolute atomic E-state index is 0.0409. The molecule has 1 heterocycles. The topological polar surface area (TPSA) is 39.1 Å². The molecule has 114 valence electrons. The molecule has 1 N–H and O–H groups in total. The largest absolute Gasteiger partial charge is 0.484 e. The van der Waals surface area contributed by atoms with Gasteiger partial charge >= 0.3 is 0 Å². The van der Waals surface area contributed by atoms with Gasteiger partial charge in [0.15, 0.2) is 0 Å². The molecule has 4 nitrogen and oxygen atoms in total. The van der Waals surface area contributed by atoms with Gasteiger partial charge in [0.2, 0.25) is 0 Å². The molecule has 0 amide bonds. The van der Waals surface area contributed by atoms with Gasteiger partial charge in [-0.3, -0.25) is 0 Å². The quantitative estimate of drug-likeness (QED) is 0.918. The summed E-state index contributed by atoms with van der Waals surface area (Å²) in [5.74, 6) is 1.59. The van der Waals surface area contributed by atoms with Gasteiger partial charge in [-0.2, -0.15) is 0 Å². The normalized spacial score (nSPS) is 11.7. The third-order valence-corrected chi connectivity index (χ3v) is 3.42. The summed E-state index contributed by atoms with van der Waals surface area (Å²) in [6.07, 6.45) is 3.65. The first kappa shape index (κ1) is 15.9. The Kier molecular flexibility index (Phi) is 4.91. The van der Waals surface area contributed by atoms with Gasteiger partial charge in [0.05, 0.1) is 5.02 Å². The molecule has 0 saturated carbocycles. The Balaban J connectivity index is 2.12. The van der Waals surface area contributed by atoms with Crippen LogP contribution in [0, 0.1) is 0 Å². The molecule has 2 rings (SSSR count). The summed E-state index contributed by atoms with van der Waals surface area (Å²) in [6, 6.07) is 5.81. The van der Waals surface area contributed by atoms with E-state index in [1.165, 1.54) is 0 Å². The molecule has 0 aliphatic rings. The van der Waals surface area contributed by atoms with Crippen molar-refractivity contribution < 1.29 is 4.74 Å². The number of hydrogen-bond donors (Lipinski definition) is 1. The Morgan fingerprint density at radius 1 is 1.33 bits per heavy atom. The molecular weight excluding hydrogens is 286 g/mol. The lowest BCUT2D eigenvalue weighted by atomic mass is 10.1. The molecule has 0 aliphatic carbocycles. The minimum Gasteiger partial charge on any atom is -0.484 e. The third kappa shape index (κ3) is 4.48. The van der Waals surface area contributed by atoms with Crippen LogP contribution in [-0.2, 0) is 20.2 Å². The Hall–Kier alpha value is -1.52. The van der Waals surface area contributed by atoms with Gasteiger partial charge in [-0.15, -0.1) is 0 Å². The molecule has 2 aromatic rings. The zero-order valence-corrected chi connectivity index (χ0v) is 13.7. The summed E-state index contributed by atoms with van der Waals surface area (Å²) in [5.41, 5.74) is 1.09. The second kappa shape index (κ2) is 6.50. The highest BCUT2D eigenvalue weighted by Crippen LogP contribution is 2.29. The van der Waals surface area contributed by atoms with Crippen molar-refractivity contribution in [3.05, 3.63) is 47.0 Å². The van der Waals surface area contributed by atoms with Crippen LogP contribution in [0.5, 0.6) is 5.75 Å². The zero-order valence-electron chi connectivity index (χ0n) is 13.0. The molecule has 0 saturated heterocycles. The number of aryl methyl sites for hydroxylation is 1. The summed E-state index contributed by atoms with van der Waals surface area (Å²) in [4.78, 5) is 4.25. The van der Waals surface area contributed by atoms with Gasteiger partial charge in [-0.25, -0.2) is 4.98 Å². The predicted octanol–water partition coefficient (Wildman–Crippen LogP) is 3.54. The summed E-state index contributed by atoms with van der Waals surface area (Å²) in [7, 11) is 1.94. The molecule has 0 fully saturated rings. The fourth-order valence-electron chi connectivity index (χ4n) is 1.89. The van der Waals surface area contributed by atoms with Crippen molar-refractivity contribution in [2.24, 2.45) is 7.05 Å². The van der Waals surface area contributed by atoms with Crippen molar-refractivity contribution in [2.45, 2.75) is 39.5 Å². The number of halogens is 1. The van der Waals surface area contributed by atoms with E-state index >= 15 is 0 Å². The number of imidazole rings is 1. The van der Waals surface area contributed by atoms with Crippen molar-refractivity contribution >= 4 is 11.6 Å². The van der Waals surface area contributed by atoms with Crippen LogP contribution < -0.4 is 10.1 Å².